The van der Waals surface area contributed by atoms with Gasteiger partial charge in [-0.2, -0.15) is 0 Å². The van der Waals surface area contributed by atoms with E-state index in [2.05, 4.69) is 21.9 Å². The first-order chi connectivity index (χ1) is 13.5. The van der Waals surface area contributed by atoms with Crippen molar-refractivity contribution < 1.29 is 4.79 Å². The Morgan fingerprint density at radius 1 is 1.18 bits per heavy atom. The lowest BCUT2D eigenvalue weighted by Gasteiger charge is -2.14. The lowest BCUT2D eigenvalue weighted by molar-refractivity contribution is -0.112. The van der Waals surface area contributed by atoms with Gasteiger partial charge in [-0.1, -0.05) is 30.3 Å². The number of nitrogens with one attached hydrogen (secondary N) is 1. The summed E-state index contributed by atoms with van der Waals surface area (Å²) in [4.78, 5) is 20.4. The molecule has 2 aromatic heterocycles. The summed E-state index contributed by atoms with van der Waals surface area (Å²) < 4.78 is 0. The minimum Gasteiger partial charge on any atom is -0.366 e. The number of primary amides is 1. The van der Waals surface area contributed by atoms with Crippen molar-refractivity contribution in [2.75, 3.05) is 5.32 Å². The zero-order valence-electron chi connectivity index (χ0n) is 15.2. The topological polar surface area (TPSA) is 80.9 Å². The van der Waals surface area contributed by atoms with Gasteiger partial charge < -0.3 is 11.1 Å². The van der Waals surface area contributed by atoms with Crippen LogP contribution in [-0.2, 0) is 4.79 Å². The smallest absolute Gasteiger partial charge is 0.248 e. The molecule has 1 saturated carbocycles. The van der Waals surface area contributed by atoms with E-state index in [1.807, 2.05) is 36.4 Å². The quantitative estimate of drug-likeness (QED) is 0.585. The van der Waals surface area contributed by atoms with E-state index in [1.165, 1.54) is 0 Å². The number of hydrogen-bond acceptors (Lipinski definition) is 4. The summed E-state index contributed by atoms with van der Waals surface area (Å²) in [5.74, 6) is 0.679. The normalized spacial score (nSPS) is 13.2. The van der Waals surface area contributed by atoms with E-state index in [0.717, 1.165) is 35.3 Å². The van der Waals surface area contributed by atoms with Gasteiger partial charge >= 0.3 is 0 Å². The van der Waals surface area contributed by atoms with E-state index in [0.29, 0.717) is 22.3 Å². The van der Waals surface area contributed by atoms with Gasteiger partial charge in [0.1, 0.15) is 5.82 Å². The Balaban J connectivity index is 1.75. The Bertz CT molecular complexity index is 1060. The van der Waals surface area contributed by atoms with Crippen molar-refractivity contribution in [1.29, 1.82) is 0 Å². The number of pyridine rings is 2. The Labute approximate surface area is 168 Å². The molecule has 28 heavy (non-hydrogen) atoms. The summed E-state index contributed by atoms with van der Waals surface area (Å²) in [7, 11) is 0. The molecule has 0 aliphatic heterocycles. The summed E-state index contributed by atoms with van der Waals surface area (Å²) in [5.41, 5.74) is 9.83. The van der Waals surface area contributed by atoms with E-state index in [1.54, 1.807) is 18.5 Å². The Morgan fingerprint density at radius 2 is 2.00 bits per heavy atom. The highest BCUT2D eigenvalue weighted by Crippen LogP contribution is 2.44. The minimum atomic E-state index is -0.555. The van der Waals surface area contributed by atoms with Crippen LogP contribution in [0.15, 0.2) is 61.4 Å². The maximum absolute atomic E-state index is 11.5. The number of benzene rings is 1. The third kappa shape index (κ3) is 3.75. The van der Waals surface area contributed by atoms with Crippen LogP contribution in [0.5, 0.6) is 0 Å². The van der Waals surface area contributed by atoms with Gasteiger partial charge in [-0.25, -0.2) is 4.98 Å². The lowest BCUT2D eigenvalue weighted by Crippen LogP contribution is -2.12. The van der Waals surface area contributed by atoms with Crippen LogP contribution < -0.4 is 11.1 Å². The Hall–Kier alpha value is -3.18. The molecule has 6 heteroatoms. The van der Waals surface area contributed by atoms with Crippen molar-refractivity contribution in [3.63, 3.8) is 0 Å². The van der Waals surface area contributed by atoms with Crippen LogP contribution in [-0.4, -0.2) is 15.9 Å². The summed E-state index contributed by atoms with van der Waals surface area (Å²) >= 11 is 6.29. The molecule has 1 fully saturated rings. The number of nitrogens with zero attached hydrogens (tertiary/aromatic N) is 2. The van der Waals surface area contributed by atoms with Gasteiger partial charge in [0.25, 0.3) is 0 Å². The first-order valence-electron chi connectivity index (χ1n) is 9.00. The molecule has 0 saturated heterocycles. The molecule has 0 radical (unpaired) electrons. The van der Waals surface area contributed by atoms with E-state index in [4.69, 9.17) is 17.3 Å². The average molecular weight is 391 g/mol. The fourth-order valence-corrected chi connectivity index (χ4v) is 3.34. The van der Waals surface area contributed by atoms with Gasteiger partial charge in [0.2, 0.25) is 5.91 Å². The number of carbonyl (C=O) groups excluding carboxylic acids is 1. The van der Waals surface area contributed by atoms with Crippen LogP contribution in [0.4, 0.5) is 11.5 Å². The van der Waals surface area contributed by atoms with Crippen molar-refractivity contribution in [3.05, 3.63) is 77.6 Å². The number of nitrogens with two attached hydrogens (primary N) is 1. The number of amides is 1. The van der Waals surface area contributed by atoms with Crippen molar-refractivity contribution in [3.8, 4) is 11.3 Å². The molecule has 1 aliphatic carbocycles. The van der Waals surface area contributed by atoms with Gasteiger partial charge in [-0.05, 0) is 60.2 Å². The largest absolute Gasteiger partial charge is 0.366 e. The van der Waals surface area contributed by atoms with Gasteiger partial charge in [0, 0.05) is 29.2 Å². The number of hydrogen-bond donors (Lipinski definition) is 2. The highest BCUT2D eigenvalue weighted by molar-refractivity contribution is 6.31. The molecule has 4 rings (SSSR count). The van der Waals surface area contributed by atoms with Crippen LogP contribution in [0, 0.1) is 0 Å². The molecule has 0 atom stereocenters. The molecule has 0 spiro atoms. The van der Waals surface area contributed by atoms with E-state index in [-0.39, 0.29) is 5.57 Å². The van der Waals surface area contributed by atoms with E-state index in [9.17, 15) is 4.79 Å². The van der Waals surface area contributed by atoms with Crippen molar-refractivity contribution in [2.45, 2.75) is 18.8 Å². The Morgan fingerprint density at radius 3 is 2.68 bits per heavy atom. The third-order valence-electron chi connectivity index (χ3n) is 4.77. The molecule has 5 nitrogen and oxygen atoms in total. The maximum atomic E-state index is 11.5. The molecule has 3 N–H and O–H groups in total. The first kappa shape index (κ1) is 18.2. The SMILES string of the molecule is C=C(C(N)=O)c1ccc(Nc2cc(C3CC3)c(Cl)cn2)c(-c2ccccn2)c1. The predicted octanol–water partition coefficient (Wildman–Crippen LogP) is 4.92. The fourth-order valence-electron chi connectivity index (χ4n) is 3.09. The average Bonchev–Trinajstić information content (AvgIpc) is 3.55. The summed E-state index contributed by atoms with van der Waals surface area (Å²) in [6.07, 6.45) is 5.72. The lowest BCUT2D eigenvalue weighted by atomic mass is 10.00. The van der Waals surface area contributed by atoms with Crippen molar-refractivity contribution in [2.24, 2.45) is 5.73 Å². The predicted molar refractivity (Wildman–Crippen MR) is 112 cm³/mol. The second kappa shape index (κ2) is 7.44. The zero-order chi connectivity index (χ0) is 19.7. The fraction of sp³-hybridized carbons (Fsp3) is 0.136. The standard InChI is InChI=1S/C22H19ClN4O/c1-13(22(24)28)15-7-8-20(17(10-15)19-4-2-3-9-25-19)27-21-11-16(14-5-6-14)18(23)12-26-21/h2-4,7-12,14H,1,5-6H2,(H2,24,28)(H,26,27). The monoisotopic (exact) mass is 390 g/mol. The van der Waals surface area contributed by atoms with Crippen LogP contribution in [0.2, 0.25) is 5.02 Å². The second-order valence-corrected chi connectivity index (χ2v) is 7.22. The molecule has 140 valence electrons. The molecule has 1 aromatic carbocycles. The molecular formula is C22H19ClN4O. The van der Waals surface area contributed by atoms with E-state index < -0.39 is 5.91 Å². The molecule has 1 aliphatic rings. The molecule has 0 bridgehead atoms. The summed E-state index contributed by atoms with van der Waals surface area (Å²) in [5, 5.41) is 4.06. The van der Waals surface area contributed by atoms with Gasteiger partial charge in [0.05, 0.1) is 10.7 Å². The summed E-state index contributed by atoms with van der Waals surface area (Å²) in [6.45, 7) is 3.78. The molecule has 2 heterocycles. The number of anilines is 2. The third-order valence-corrected chi connectivity index (χ3v) is 5.09. The number of aromatic nitrogens is 2. The van der Waals surface area contributed by atoms with Crippen LogP contribution in [0.25, 0.3) is 16.8 Å². The highest BCUT2D eigenvalue weighted by atomic mass is 35.5. The van der Waals surface area contributed by atoms with Crippen LogP contribution in [0.3, 0.4) is 0 Å². The number of carbonyl (C=O) groups is 1. The second-order valence-electron chi connectivity index (χ2n) is 6.81. The minimum absolute atomic E-state index is 0.254. The number of halogens is 1. The summed E-state index contributed by atoms with van der Waals surface area (Å²) in [6, 6.07) is 13.2. The highest BCUT2D eigenvalue weighted by Gasteiger charge is 2.26. The zero-order valence-corrected chi connectivity index (χ0v) is 15.9. The Kier molecular flexibility index (Phi) is 4.84. The van der Waals surface area contributed by atoms with E-state index >= 15 is 0 Å². The van der Waals surface area contributed by atoms with Crippen molar-refractivity contribution in [1.82, 2.24) is 9.97 Å². The number of rotatable bonds is 6. The van der Waals surface area contributed by atoms with Gasteiger partial charge in [-0.15, -0.1) is 0 Å². The molecule has 1 amide bonds. The van der Waals surface area contributed by atoms with Gasteiger partial charge in [0.15, 0.2) is 0 Å². The first-order valence-corrected chi connectivity index (χ1v) is 9.37. The molecule has 3 aromatic rings. The van der Waals surface area contributed by atoms with Crippen molar-refractivity contribution >= 4 is 34.6 Å². The van der Waals surface area contributed by atoms with Crippen LogP contribution >= 0.6 is 11.6 Å². The van der Waals surface area contributed by atoms with Crippen LogP contribution in [0.1, 0.15) is 29.9 Å². The maximum Gasteiger partial charge on any atom is 0.248 e. The molecule has 0 unspecified atom stereocenters. The van der Waals surface area contributed by atoms with Gasteiger partial charge in [-0.3, -0.25) is 9.78 Å². The molecular weight excluding hydrogens is 372 g/mol.